The Hall–Kier alpha value is -4.07. The van der Waals surface area contributed by atoms with Crippen LogP contribution in [-0.2, 0) is 15.4 Å². The van der Waals surface area contributed by atoms with Gasteiger partial charge in [-0.05, 0) is 86.5 Å². The fourth-order valence-electron chi connectivity index (χ4n) is 5.87. The molecule has 0 spiro atoms. The first-order chi connectivity index (χ1) is 21.7. The van der Waals surface area contributed by atoms with Gasteiger partial charge in [-0.15, -0.1) is 0 Å². The van der Waals surface area contributed by atoms with Crippen LogP contribution in [0.3, 0.4) is 0 Å². The highest BCUT2D eigenvalue weighted by Gasteiger charge is 2.32. The van der Waals surface area contributed by atoms with Gasteiger partial charge in [0, 0.05) is 23.2 Å². The largest absolute Gasteiger partial charge is 0.492 e. The molecule has 1 saturated heterocycles. The van der Waals surface area contributed by atoms with E-state index in [1.807, 2.05) is 40.0 Å². The number of carbonyl (C=O) groups excluding carboxylic acids is 1. The molecule has 13 heteroatoms. The molecule has 0 bridgehead atoms. The average molecular weight is 651 g/mol. The molecule has 1 aliphatic heterocycles. The number of rotatable bonds is 10. The number of amides is 1. The number of benzene rings is 2. The minimum atomic E-state index is -3.61. The van der Waals surface area contributed by atoms with Gasteiger partial charge in [-0.25, -0.2) is 14.3 Å². The third kappa shape index (κ3) is 7.48. The smallest absolute Gasteiger partial charge is 0.255 e. The van der Waals surface area contributed by atoms with Gasteiger partial charge in [0.1, 0.15) is 0 Å². The van der Waals surface area contributed by atoms with Crippen molar-refractivity contribution in [2.24, 2.45) is 11.6 Å². The number of aromatic nitrogens is 2. The maximum absolute atomic E-state index is 13.6. The van der Waals surface area contributed by atoms with Gasteiger partial charge in [0.15, 0.2) is 5.75 Å². The molecule has 2 aliphatic rings. The standard InChI is InChI=1S/C33H46N8O4S/c1-20-7-8-22(32(42)38-27-16-23(33(2,3)4)17-28(31(27)45-5)39-46(6,43)44)15-29(20)40(35)19-26(34)25-18-37-41(24-9-10-24)30(25)21-11-13-36-14-12-21/h7-8,15-19,21,24,36,39H,9-14,34-35H2,1-6H3,(H,38,42)/b26-19-. The van der Waals surface area contributed by atoms with Crippen molar-refractivity contribution in [1.29, 1.82) is 0 Å². The number of nitrogens with zero attached hydrogens (tertiary/aromatic N) is 3. The first-order valence-corrected chi connectivity index (χ1v) is 17.5. The third-order valence-electron chi connectivity index (χ3n) is 8.49. The zero-order valence-corrected chi connectivity index (χ0v) is 28.3. The molecule has 7 N–H and O–H groups in total. The molecular weight excluding hydrogens is 604 g/mol. The van der Waals surface area contributed by atoms with Gasteiger partial charge >= 0.3 is 0 Å². The molecule has 2 aromatic carbocycles. The van der Waals surface area contributed by atoms with Crippen LogP contribution in [0.1, 0.15) is 91.2 Å². The van der Waals surface area contributed by atoms with Gasteiger partial charge < -0.3 is 21.1 Å². The van der Waals surface area contributed by atoms with E-state index in [4.69, 9.17) is 21.4 Å². The van der Waals surface area contributed by atoms with Crippen LogP contribution in [0.25, 0.3) is 5.70 Å². The molecule has 1 aromatic heterocycles. The maximum atomic E-state index is 13.6. The number of carbonyl (C=O) groups is 1. The monoisotopic (exact) mass is 650 g/mol. The molecule has 12 nitrogen and oxygen atoms in total. The lowest BCUT2D eigenvalue weighted by Gasteiger charge is -2.25. The molecule has 0 atom stereocenters. The summed E-state index contributed by atoms with van der Waals surface area (Å²) in [6.07, 6.45) is 8.89. The Morgan fingerprint density at radius 1 is 1.13 bits per heavy atom. The number of nitrogens with one attached hydrogen (secondary N) is 3. The summed E-state index contributed by atoms with van der Waals surface area (Å²) < 4.78 is 34.5. The summed E-state index contributed by atoms with van der Waals surface area (Å²) in [5, 5.41) is 12.5. The van der Waals surface area contributed by atoms with Crippen LogP contribution in [0.4, 0.5) is 17.1 Å². The predicted molar refractivity (Wildman–Crippen MR) is 183 cm³/mol. The Balaban J connectivity index is 1.44. The number of sulfonamides is 1. The average Bonchev–Trinajstić information content (AvgIpc) is 3.73. The number of aryl methyl sites for hydroxylation is 1. The molecule has 1 amide bonds. The number of anilines is 3. The summed E-state index contributed by atoms with van der Waals surface area (Å²) in [5.74, 6) is 6.73. The first-order valence-electron chi connectivity index (χ1n) is 15.6. The highest BCUT2D eigenvalue weighted by atomic mass is 32.2. The summed E-state index contributed by atoms with van der Waals surface area (Å²) in [6, 6.07) is 9.16. The van der Waals surface area contributed by atoms with Crippen LogP contribution >= 0.6 is 0 Å². The van der Waals surface area contributed by atoms with Crippen LogP contribution in [0.5, 0.6) is 5.75 Å². The first kappa shape index (κ1) is 33.3. The van der Waals surface area contributed by atoms with E-state index >= 15 is 0 Å². The maximum Gasteiger partial charge on any atom is 0.255 e. The van der Waals surface area contributed by atoms with Crippen molar-refractivity contribution in [3.05, 3.63) is 70.7 Å². The summed E-state index contributed by atoms with van der Waals surface area (Å²) in [7, 11) is -2.19. The van der Waals surface area contributed by atoms with Crippen molar-refractivity contribution >= 4 is 38.7 Å². The molecule has 2 fully saturated rings. The summed E-state index contributed by atoms with van der Waals surface area (Å²) in [4.78, 5) is 13.6. The highest BCUT2D eigenvalue weighted by molar-refractivity contribution is 7.92. The van der Waals surface area contributed by atoms with E-state index in [0.29, 0.717) is 34.6 Å². The summed E-state index contributed by atoms with van der Waals surface area (Å²) in [5.41, 5.74) is 12.1. The lowest BCUT2D eigenvalue weighted by atomic mass is 9.86. The van der Waals surface area contributed by atoms with Crippen LogP contribution < -0.4 is 36.7 Å². The van der Waals surface area contributed by atoms with E-state index in [9.17, 15) is 13.2 Å². The second-order valence-corrected chi connectivity index (χ2v) is 15.1. The number of hydrazine groups is 1. The van der Waals surface area contributed by atoms with E-state index < -0.39 is 15.9 Å². The second kappa shape index (κ2) is 13.0. The van der Waals surface area contributed by atoms with Crippen LogP contribution in [0, 0.1) is 6.92 Å². The number of nitrogens with two attached hydrogens (primary N) is 2. The SMILES string of the molecule is COc1c(NC(=O)c2ccc(C)c(N(N)/C=C(\N)c3cnn(C4CC4)c3C3CCNCC3)c2)cc(C(C)(C)C)cc1NS(C)(=O)=O. The molecule has 0 radical (unpaired) electrons. The fraction of sp³-hybridized carbons (Fsp3) is 0.455. The Bertz CT molecular complexity index is 1750. The number of hydrogen-bond acceptors (Lipinski definition) is 9. The zero-order chi connectivity index (χ0) is 33.4. The zero-order valence-electron chi connectivity index (χ0n) is 27.5. The van der Waals surface area contributed by atoms with Crippen molar-refractivity contribution in [2.45, 2.75) is 70.8 Å². The molecule has 0 unspecified atom stereocenters. The van der Waals surface area contributed by atoms with Gasteiger partial charge in [-0.3, -0.25) is 19.2 Å². The van der Waals surface area contributed by atoms with E-state index in [2.05, 4.69) is 20.0 Å². The van der Waals surface area contributed by atoms with Gasteiger partial charge in [-0.2, -0.15) is 5.10 Å². The Labute approximate surface area is 271 Å². The van der Waals surface area contributed by atoms with Gasteiger partial charge in [0.05, 0.1) is 54.1 Å². The topological polar surface area (TPSA) is 170 Å². The van der Waals surface area contributed by atoms with E-state index in [-0.39, 0.29) is 16.9 Å². The van der Waals surface area contributed by atoms with E-state index in [1.165, 1.54) is 17.8 Å². The summed E-state index contributed by atoms with van der Waals surface area (Å²) >= 11 is 0. The van der Waals surface area contributed by atoms with Crippen molar-refractivity contribution in [3.63, 3.8) is 0 Å². The Morgan fingerprint density at radius 2 is 1.80 bits per heavy atom. The van der Waals surface area contributed by atoms with Crippen LogP contribution in [0.2, 0.25) is 0 Å². The lowest BCUT2D eigenvalue weighted by molar-refractivity contribution is 0.102. The number of hydrogen-bond donors (Lipinski definition) is 5. The predicted octanol–water partition coefficient (Wildman–Crippen LogP) is 4.56. The fourth-order valence-corrected chi connectivity index (χ4v) is 6.42. The van der Waals surface area contributed by atoms with Crippen molar-refractivity contribution in [3.8, 4) is 5.75 Å². The van der Waals surface area contributed by atoms with Crippen molar-refractivity contribution in [1.82, 2.24) is 15.1 Å². The van der Waals surface area contributed by atoms with Gasteiger partial charge in [0.25, 0.3) is 5.91 Å². The van der Waals surface area contributed by atoms with Gasteiger partial charge in [0.2, 0.25) is 10.0 Å². The molecule has 1 aliphatic carbocycles. The minimum Gasteiger partial charge on any atom is -0.492 e. The number of methoxy groups -OCH3 is 1. The van der Waals surface area contributed by atoms with Crippen LogP contribution in [0.15, 0.2) is 42.7 Å². The molecule has 46 heavy (non-hydrogen) atoms. The van der Waals surface area contributed by atoms with E-state index in [0.717, 1.165) is 61.7 Å². The molecule has 2 heterocycles. The quantitative estimate of drug-likeness (QED) is 0.156. The normalized spacial score (nSPS) is 16.3. The summed E-state index contributed by atoms with van der Waals surface area (Å²) in [6.45, 7) is 9.82. The molecule has 248 valence electrons. The molecular formula is C33H46N8O4S. The Morgan fingerprint density at radius 3 is 2.41 bits per heavy atom. The second-order valence-electron chi connectivity index (χ2n) is 13.3. The van der Waals surface area contributed by atoms with Gasteiger partial charge in [-0.1, -0.05) is 26.8 Å². The third-order valence-corrected chi connectivity index (χ3v) is 9.08. The molecule has 5 rings (SSSR count). The highest BCUT2D eigenvalue weighted by Crippen LogP contribution is 2.41. The van der Waals surface area contributed by atoms with Crippen LogP contribution in [-0.4, -0.2) is 50.6 Å². The van der Waals surface area contributed by atoms with Crippen molar-refractivity contribution < 1.29 is 17.9 Å². The lowest BCUT2D eigenvalue weighted by Crippen LogP contribution is -2.29. The number of ether oxygens (including phenoxy) is 1. The van der Waals surface area contributed by atoms with Crippen molar-refractivity contribution in [2.75, 3.05) is 41.5 Å². The Kier molecular flexibility index (Phi) is 9.39. The minimum absolute atomic E-state index is 0.201. The van der Waals surface area contributed by atoms with E-state index in [1.54, 1.807) is 30.5 Å². The number of piperidine rings is 1. The molecule has 1 saturated carbocycles. The molecule has 3 aromatic rings.